The molecule has 0 saturated carbocycles. The first-order valence-electron chi connectivity index (χ1n) is 22.1. The molecular formula is C52H48B2GeN4O2. The Morgan fingerprint density at radius 2 is 0.885 bits per heavy atom. The van der Waals surface area contributed by atoms with Crippen LogP contribution in [0.15, 0.2) is 106 Å². The first kappa shape index (κ1) is 36.0. The normalized spacial score (nSPS) is 17.4. The van der Waals surface area contributed by atoms with Gasteiger partial charge in [0.15, 0.2) is 0 Å². The number of fused-ring (bicyclic) bond motifs is 19. The topological polar surface area (TPSA) is 31.4 Å². The Morgan fingerprint density at radius 3 is 1.30 bits per heavy atom. The van der Waals surface area contributed by atoms with Gasteiger partial charge < -0.3 is 0 Å². The van der Waals surface area contributed by atoms with Crippen LogP contribution in [0.5, 0.6) is 23.0 Å². The molecule has 0 saturated heterocycles. The van der Waals surface area contributed by atoms with Crippen molar-refractivity contribution in [2.75, 3.05) is 19.2 Å². The second-order valence-corrected chi connectivity index (χ2v) is 28.5. The van der Waals surface area contributed by atoms with E-state index in [0.717, 1.165) is 34.4 Å². The van der Waals surface area contributed by atoms with E-state index >= 15 is 0 Å². The number of aryl methyl sites for hydroxylation is 2. The van der Waals surface area contributed by atoms with Gasteiger partial charge in [0.2, 0.25) is 0 Å². The third-order valence-electron chi connectivity index (χ3n) is 15.2. The van der Waals surface area contributed by atoms with Crippen molar-refractivity contribution in [3.63, 3.8) is 0 Å². The summed E-state index contributed by atoms with van der Waals surface area (Å²) in [5.74, 6) is 10.0. The quantitative estimate of drug-likeness (QED) is 0.161. The molecule has 9 heteroatoms. The Kier molecular flexibility index (Phi) is 6.96. The fourth-order valence-electron chi connectivity index (χ4n) is 11.9. The van der Waals surface area contributed by atoms with Gasteiger partial charge in [-0.15, -0.1) is 0 Å². The summed E-state index contributed by atoms with van der Waals surface area (Å²) in [5, 5.41) is 0. The van der Waals surface area contributed by atoms with Crippen molar-refractivity contribution >= 4 is 83.9 Å². The SMILES string of the molecule is Cc1cc2c3c(c1C)Oc1ccccc1N3B1[C]3=C(C4=[C](B5N(c6ccc(C(C)C)cc64)c4cc(C)c(C)c6c4N5c4ccccc4O6)[Ge]3([CH3])[CH3])c3cc(C(C)C)ccc3N12. The second-order valence-electron chi connectivity index (χ2n) is 19.5. The van der Waals surface area contributed by atoms with Crippen LogP contribution in [0.4, 0.5) is 45.5 Å². The number of benzene rings is 6. The summed E-state index contributed by atoms with van der Waals surface area (Å²) in [6.07, 6.45) is 0. The molecular weight excluding hydrogens is 807 g/mol. The van der Waals surface area contributed by atoms with Gasteiger partial charge in [-0.05, 0) is 0 Å². The van der Waals surface area contributed by atoms with Gasteiger partial charge in [0, 0.05) is 0 Å². The molecule has 0 bridgehead atoms. The number of ether oxygens (including phenoxy) is 2. The van der Waals surface area contributed by atoms with Crippen LogP contribution in [-0.4, -0.2) is 27.2 Å². The summed E-state index contributed by atoms with van der Waals surface area (Å²) in [6.45, 7) is 18.2. The maximum absolute atomic E-state index is 6.95. The number of para-hydroxylation sites is 4. The van der Waals surface area contributed by atoms with E-state index in [-0.39, 0.29) is 14.0 Å². The minimum atomic E-state index is -3.41. The summed E-state index contributed by atoms with van der Waals surface area (Å²) in [7, 11) is 0. The fourth-order valence-corrected chi connectivity index (χ4v) is 20.0. The molecule has 6 nitrogen and oxygen atoms in total. The number of hydrogen-bond donors (Lipinski definition) is 0. The van der Waals surface area contributed by atoms with Crippen LogP contribution in [0.2, 0.25) is 11.5 Å². The van der Waals surface area contributed by atoms with Gasteiger partial charge in [0.1, 0.15) is 0 Å². The molecule has 298 valence electrons. The van der Waals surface area contributed by atoms with Gasteiger partial charge in [-0.1, -0.05) is 0 Å². The maximum atomic E-state index is 6.95. The molecule has 0 aliphatic carbocycles. The number of rotatable bonds is 2. The molecule has 0 radical (unpaired) electrons. The molecule has 0 aromatic heterocycles. The van der Waals surface area contributed by atoms with Gasteiger partial charge in [-0.25, -0.2) is 0 Å². The van der Waals surface area contributed by atoms with E-state index in [1.54, 1.807) is 8.61 Å². The Labute approximate surface area is 362 Å². The molecule has 0 unspecified atom stereocenters. The molecule has 6 aromatic carbocycles. The van der Waals surface area contributed by atoms with E-state index in [1.807, 2.05) is 0 Å². The van der Waals surface area contributed by atoms with Crippen molar-refractivity contribution in [2.45, 2.75) is 78.7 Å². The first-order valence-corrected chi connectivity index (χ1v) is 28.4. The molecule has 7 aliphatic heterocycles. The third-order valence-corrected chi connectivity index (χ3v) is 23.0. The van der Waals surface area contributed by atoms with E-state index in [9.17, 15) is 0 Å². The average Bonchev–Trinajstić information content (AvgIpc) is 3.85. The summed E-state index contributed by atoms with van der Waals surface area (Å²) in [6, 6.07) is 37.1. The van der Waals surface area contributed by atoms with Gasteiger partial charge in [-0.2, -0.15) is 0 Å². The van der Waals surface area contributed by atoms with Crippen LogP contribution in [0.25, 0.3) is 11.1 Å². The molecule has 7 heterocycles. The van der Waals surface area contributed by atoms with Crippen LogP contribution in [0, 0.1) is 27.7 Å². The van der Waals surface area contributed by atoms with Gasteiger partial charge in [0.25, 0.3) is 0 Å². The first-order chi connectivity index (χ1) is 29.4. The summed E-state index contributed by atoms with van der Waals surface area (Å²) in [4.78, 5) is 10.8. The molecule has 0 fully saturated rings. The predicted octanol–water partition coefficient (Wildman–Crippen LogP) is 14.0. The van der Waals surface area contributed by atoms with Gasteiger partial charge >= 0.3 is 365 Å². The minimum absolute atomic E-state index is 0.0426. The zero-order valence-electron chi connectivity index (χ0n) is 36.7. The summed E-state index contributed by atoms with van der Waals surface area (Å²) in [5.41, 5.74) is 23.0. The zero-order chi connectivity index (χ0) is 41.7. The molecule has 13 rings (SSSR count). The van der Waals surface area contributed by atoms with Crippen molar-refractivity contribution in [1.29, 1.82) is 0 Å². The van der Waals surface area contributed by atoms with Crippen molar-refractivity contribution in [3.05, 3.63) is 150 Å². The van der Waals surface area contributed by atoms with E-state index in [0.29, 0.717) is 11.8 Å². The Balaban J connectivity index is 1.17. The molecule has 0 spiro atoms. The van der Waals surface area contributed by atoms with E-state index in [4.69, 9.17) is 9.47 Å². The van der Waals surface area contributed by atoms with Crippen LogP contribution in [-0.2, 0) is 0 Å². The molecule has 6 aromatic rings. The Bertz CT molecular complexity index is 2920. The van der Waals surface area contributed by atoms with Crippen LogP contribution >= 0.6 is 0 Å². The van der Waals surface area contributed by atoms with Gasteiger partial charge in [-0.3, -0.25) is 0 Å². The van der Waals surface area contributed by atoms with E-state index in [2.05, 4.69) is 183 Å². The third kappa shape index (κ3) is 4.27. The number of anilines is 8. The van der Waals surface area contributed by atoms with E-state index < -0.39 is 13.3 Å². The van der Waals surface area contributed by atoms with Crippen molar-refractivity contribution in [2.24, 2.45) is 0 Å². The summed E-state index contributed by atoms with van der Waals surface area (Å²) >= 11 is -3.41. The number of hydrogen-bond acceptors (Lipinski definition) is 6. The standard InChI is InChI=1S/C52H48B2GeN4O2/c1-27(2)33-19-21-37-35(25-33)45-46-36-26-34(28(3)4)20-22-38(36)57-42-24-30(6)32(8)50-48(42)59(40-16-12-14-18-44(40)61-50)54(57)52(46)55(9,10)51(45)53-56(37)41-23-29(5)31(7)49-47(41)58(53)39-15-11-13-17-43(39)60-49/h11-28H,1-10H3. The van der Waals surface area contributed by atoms with Crippen molar-refractivity contribution in [1.82, 2.24) is 0 Å². The van der Waals surface area contributed by atoms with Crippen molar-refractivity contribution < 1.29 is 9.47 Å². The Hall–Kier alpha value is -5.73. The predicted molar refractivity (Wildman–Crippen MR) is 257 cm³/mol. The number of allylic oxidation sites excluding steroid dienone is 2. The molecule has 0 atom stereocenters. The Morgan fingerprint density at radius 1 is 0.475 bits per heavy atom. The molecule has 0 amide bonds. The van der Waals surface area contributed by atoms with Crippen molar-refractivity contribution in [3.8, 4) is 23.0 Å². The average molecular weight is 855 g/mol. The summed E-state index contributed by atoms with van der Waals surface area (Å²) < 4.78 is 17.2. The molecule has 7 aliphatic rings. The molecule has 61 heavy (non-hydrogen) atoms. The van der Waals surface area contributed by atoms with Crippen LogP contribution < -0.4 is 28.7 Å². The number of nitrogens with zero attached hydrogens (tertiary/aromatic N) is 4. The molecule has 0 N–H and O–H groups in total. The van der Waals surface area contributed by atoms with Crippen LogP contribution in [0.3, 0.4) is 0 Å². The second kappa shape index (κ2) is 11.8. The van der Waals surface area contributed by atoms with Gasteiger partial charge in [0.05, 0.1) is 0 Å². The zero-order valence-corrected chi connectivity index (χ0v) is 38.8. The fraction of sp³-hybridized carbons (Fsp3) is 0.231. The monoisotopic (exact) mass is 856 g/mol. The van der Waals surface area contributed by atoms with E-state index in [1.165, 1.54) is 89.8 Å². The van der Waals surface area contributed by atoms with Crippen LogP contribution in [0.1, 0.15) is 84.0 Å².